The van der Waals surface area contributed by atoms with E-state index < -0.39 is 0 Å². The minimum absolute atomic E-state index is 0.147. The molecule has 1 unspecified atom stereocenters. The molecular weight excluding hydrogens is 450 g/mol. The van der Waals surface area contributed by atoms with Crippen LogP contribution in [-0.4, -0.2) is 52.6 Å². The fourth-order valence-corrected chi connectivity index (χ4v) is 4.87. The van der Waals surface area contributed by atoms with E-state index in [1.165, 1.54) is 5.69 Å². The summed E-state index contributed by atoms with van der Waals surface area (Å²) < 4.78 is 7.09. The number of aryl methyl sites for hydroxylation is 1. The number of hydrogen-bond acceptors (Lipinski definition) is 6. The Morgan fingerprint density at radius 3 is 2.53 bits per heavy atom. The van der Waals surface area contributed by atoms with Crippen LogP contribution in [0.2, 0.25) is 5.02 Å². The van der Waals surface area contributed by atoms with Gasteiger partial charge in [-0.1, -0.05) is 60.1 Å². The van der Waals surface area contributed by atoms with Gasteiger partial charge in [0.05, 0.1) is 5.69 Å². The lowest BCUT2D eigenvalue weighted by atomic mass is 10.1. The van der Waals surface area contributed by atoms with E-state index in [2.05, 4.69) is 27.9 Å². The highest BCUT2D eigenvalue weighted by molar-refractivity contribution is 6.30. The van der Waals surface area contributed by atoms with Crippen molar-refractivity contribution >= 4 is 28.3 Å². The predicted molar refractivity (Wildman–Crippen MR) is 136 cm³/mol. The summed E-state index contributed by atoms with van der Waals surface area (Å²) >= 11 is 6.16. The van der Waals surface area contributed by atoms with Crippen molar-refractivity contribution in [2.45, 2.75) is 20.4 Å². The Kier molecular flexibility index (Phi) is 6.39. The molecule has 8 heteroatoms. The maximum Gasteiger partial charge on any atom is 0.279 e. The molecule has 2 aromatic carbocycles. The second-order valence-corrected chi connectivity index (χ2v) is 9.48. The normalized spacial score (nSPS) is 15.7. The second-order valence-electron chi connectivity index (χ2n) is 9.05. The highest BCUT2D eigenvalue weighted by Crippen LogP contribution is 2.26. The lowest BCUT2D eigenvalue weighted by molar-refractivity contribution is 0.212. The molecule has 34 heavy (non-hydrogen) atoms. The van der Waals surface area contributed by atoms with Gasteiger partial charge in [-0.2, -0.15) is 5.10 Å². The molecule has 4 aromatic rings. The van der Waals surface area contributed by atoms with Gasteiger partial charge < -0.3 is 9.42 Å². The van der Waals surface area contributed by atoms with Crippen LogP contribution in [0.15, 0.2) is 63.9 Å². The summed E-state index contributed by atoms with van der Waals surface area (Å²) in [7, 11) is 0. The highest BCUT2D eigenvalue weighted by atomic mass is 35.5. The van der Waals surface area contributed by atoms with Gasteiger partial charge in [-0.25, -0.2) is 4.68 Å². The van der Waals surface area contributed by atoms with E-state index in [4.69, 9.17) is 21.2 Å². The van der Waals surface area contributed by atoms with Gasteiger partial charge >= 0.3 is 0 Å². The second kappa shape index (κ2) is 9.60. The van der Waals surface area contributed by atoms with Crippen LogP contribution in [-0.2, 0) is 6.54 Å². The lowest BCUT2D eigenvalue weighted by Gasteiger charge is -2.37. The molecule has 0 bridgehead atoms. The summed E-state index contributed by atoms with van der Waals surface area (Å²) in [6.45, 7) is 9.26. The van der Waals surface area contributed by atoms with E-state index in [1.54, 1.807) is 11.6 Å². The maximum atomic E-state index is 13.2. The number of nitrogens with zero attached hydrogens (tertiary/aromatic N) is 5. The van der Waals surface area contributed by atoms with E-state index in [9.17, 15) is 4.79 Å². The fourth-order valence-electron chi connectivity index (χ4n) is 4.69. The fraction of sp³-hybridized carbons (Fsp3) is 0.346. The Balaban J connectivity index is 1.30. The minimum Gasteiger partial charge on any atom is -0.369 e. The first-order valence-corrected chi connectivity index (χ1v) is 12.0. The van der Waals surface area contributed by atoms with Gasteiger partial charge in [-0.05, 0) is 31.0 Å². The molecule has 0 saturated carbocycles. The standard InChI is InChI=1S/C26H28ClN5O2/c1-18(16-30-11-13-31(14-12-30)22-10-6-9-21(27)15-22)17-32-26(33)23-19(2)29-34-25(23)24(28-32)20-7-4-3-5-8-20/h3-10,15,18H,11-14,16-17H2,1-2H3. The van der Waals surface area contributed by atoms with E-state index in [1.807, 2.05) is 48.5 Å². The summed E-state index contributed by atoms with van der Waals surface area (Å²) in [6.07, 6.45) is 0. The number of fused-ring (bicyclic) bond motifs is 1. The SMILES string of the molecule is Cc1noc2c(-c3ccccc3)nn(CC(C)CN3CCN(c4cccc(Cl)c4)CC3)c(=O)c12. The largest absolute Gasteiger partial charge is 0.369 e. The third kappa shape index (κ3) is 4.58. The lowest BCUT2D eigenvalue weighted by Crippen LogP contribution is -2.48. The first-order chi connectivity index (χ1) is 16.5. The first-order valence-electron chi connectivity index (χ1n) is 11.6. The molecule has 0 N–H and O–H groups in total. The third-order valence-corrected chi connectivity index (χ3v) is 6.63. The van der Waals surface area contributed by atoms with Crippen LogP contribution in [0.3, 0.4) is 0 Å². The molecule has 176 valence electrons. The van der Waals surface area contributed by atoms with Gasteiger partial charge in [0.25, 0.3) is 5.56 Å². The Morgan fingerprint density at radius 2 is 1.79 bits per heavy atom. The van der Waals surface area contributed by atoms with E-state index in [0.29, 0.717) is 28.9 Å². The van der Waals surface area contributed by atoms with Crippen LogP contribution >= 0.6 is 11.6 Å². The maximum absolute atomic E-state index is 13.2. The smallest absolute Gasteiger partial charge is 0.279 e. The molecular formula is C26H28ClN5O2. The molecule has 1 aliphatic rings. The summed E-state index contributed by atoms with van der Waals surface area (Å²) in [6, 6.07) is 17.8. The van der Waals surface area contributed by atoms with Crippen LogP contribution in [0.1, 0.15) is 12.6 Å². The number of benzene rings is 2. The zero-order valence-corrected chi connectivity index (χ0v) is 20.2. The van der Waals surface area contributed by atoms with Crippen molar-refractivity contribution in [3.8, 4) is 11.3 Å². The molecule has 1 aliphatic heterocycles. The Hall–Kier alpha value is -3.16. The van der Waals surface area contributed by atoms with Gasteiger partial charge in [-0.15, -0.1) is 0 Å². The molecule has 1 atom stereocenters. The average molecular weight is 478 g/mol. The Morgan fingerprint density at radius 1 is 1.03 bits per heavy atom. The summed E-state index contributed by atoms with van der Waals surface area (Å²) in [4.78, 5) is 18.0. The quantitative estimate of drug-likeness (QED) is 0.408. The van der Waals surface area contributed by atoms with E-state index in [0.717, 1.165) is 43.3 Å². The minimum atomic E-state index is -0.147. The van der Waals surface area contributed by atoms with Crippen molar-refractivity contribution in [2.24, 2.45) is 5.92 Å². The van der Waals surface area contributed by atoms with Crippen molar-refractivity contribution in [1.29, 1.82) is 0 Å². The molecule has 0 amide bonds. The molecule has 0 spiro atoms. The number of piperazine rings is 1. The first kappa shape index (κ1) is 22.6. The Bertz CT molecular complexity index is 1340. The Labute approximate surface area is 203 Å². The molecule has 7 nitrogen and oxygen atoms in total. The van der Waals surface area contributed by atoms with Gasteiger partial charge in [0.1, 0.15) is 11.1 Å². The molecule has 5 rings (SSSR count). The summed E-state index contributed by atoms with van der Waals surface area (Å²) in [5.41, 5.74) is 3.63. The van der Waals surface area contributed by atoms with Gasteiger partial charge in [0.2, 0.25) is 5.58 Å². The van der Waals surface area contributed by atoms with Crippen LogP contribution in [0.25, 0.3) is 22.2 Å². The third-order valence-electron chi connectivity index (χ3n) is 6.39. The molecule has 1 saturated heterocycles. The van der Waals surface area contributed by atoms with E-state index in [-0.39, 0.29) is 11.5 Å². The molecule has 0 radical (unpaired) electrons. The van der Waals surface area contributed by atoms with Crippen LogP contribution < -0.4 is 10.5 Å². The highest BCUT2D eigenvalue weighted by Gasteiger charge is 2.22. The summed E-state index contributed by atoms with van der Waals surface area (Å²) in [5, 5.41) is 10.0. The van der Waals surface area contributed by atoms with Crippen LogP contribution in [0.4, 0.5) is 5.69 Å². The zero-order chi connectivity index (χ0) is 23.7. The molecule has 2 aromatic heterocycles. The van der Waals surface area contributed by atoms with Crippen LogP contribution in [0, 0.1) is 12.8 Å². The van der Waals surface area contributed by atoms with Gasteiger partial charge in [0, 0.05) is 55.5 Å². The molecule has 0 aliphatic carbocycles. The van der Waals surface area contributed by atoms with Crippen molar-refractivity contribution in [3.05, 3.63) is 75.7 Å². The van der Waals surface area contributed by atoms with Crippen molar-refractivity contribution < 1.29 is 4.52 Å². The molecule has 1 fully saturated rings. The van der Waals surface area contributed by atoms with Crippen LogP contribution in [0.5, 0.6) is 0 Å². The summed E-state index contributed by atoms with van der Waals surface area (Å²) in [5.74, 6) is 0.254. The molecule has 3 heterocycles. The number of hydrogen-bond donors (Lipinski definition) is 0. The van der Waals surface area contributed by atoms with Crippen molar-refractivity contribution in [1.82, 2.24) is 19.8 Å². The number of halogens is 1. The monoisotopic (exact) mass is 477 g/mol. The van der Waals surface area contributed by atoms with Crippen molar-refractivity contribution in [2.75, 3.05) is 37.6 Å². The topological polar surface area (TPSA) is 67.4 Å². The van der Waals surface area contributed by atoms with Gasteiger partial charge in [0.15, 0.2) is 0 Å². The average Bonchev–Trinajstić information content (AvgIpc) is 3.23. The zero-order valence-electron chi connectivity index (χ0n) is 19.4. The van der Waals surface area contributed by atoms with Gasteiger partial charge in [-0.3, -0.25) is 9.69 Å². The van der Waals surface area contributed by atoms with Crippen molar-refractivity contribution in [3.63, 3.8) is 0 Å². The van der Waals surface area contributed by atoms with E-state index >= 15 is 0 Å². The predicted octanol–water partition coefficient (Wildman–Crippen LogP) is 4.47. The number of aromatic nitrogens is 3. The number of rotatable bonds is 6. The number of anilines is 1.